The largest absolute Gasteiger partial charge is 0.354 e. The van der Waals surface area contributed by atoms with E-state index < -0.39 is 0 Å². The number of benzene rings is 1. The van der Waals surface area contributed by atoms with Gasteiger partial charge in [-0.25, -0.2) is 0 Å². The fraction of sp³-hybridized carbons (Fsp3) is 0.500. The van der Waals surface area contributed by atoms with E-state index >= 15 is 0 Å². The van der Waals surface area contributed by atoms with Crippen LogP contribution < -0.4 is 5.32 Å². The molecule has 0 saturated carbocycles. The van der Waals surface area contributed by atoms with Gasteiger partial charge < -0.3 is 5.32 Å². The van der Waals surface area contributed by atoms with Gasteiger partial charge in [-0.05, 0) is 39.4 Å². The van der Waals surface area contributed by atoms with Crippen LogP contribution in [-0.2, 0) is 4.79 Å². The Balaban J connectivity index is 2.11. The van der Waals surface area contributed by atoms with Crippen molar-refractivity contribution in [1.29, 1.82) is 0 Å². The maximum Gasteiger partial charge on any atom is 0.227 e. The van der Waals surface area contributed by atoms with Gasteiger partial charge in [0.15, 0.2) is 0 Å². The Morgan fingerprint density at radius 3 is 2.36 bits per heavy atom. The van der Waals surface area contributed by atoms with Gasteiger partial charge in [-0.3, -0.25) is 14.8 Å². The Kier molecular flexibility index (Phi) is 6.76. The summed E-state index contributed by atoms with van der Waals surface area (Å²) in [6.07, 6.45) is 0. The highest BCUT2D eigenvalue weighted by atomic mass is 16.1. The first-order chi connectivity index (χ1) is 12.0. The summed E-state index contributed by atoms with van der Waals surface area (Å²) in [6.45, 7) is 12.6. The van der Waals surface area contributed by atoms with Gasteiger partial charge in [-0.2, -0.15) is 5.10 Å². The van der Waals surface area contributed by atoms with Crippen molar-refractivity contribution in [3.05, 3.63) is 52.8 Å². The number of nitrogens with one attached hydrogen (secondary N) is 2. The lowest BCUT2D eigenvalue weighted by Crippen LogP contribution is -2.39. The van der Waals surface area contributed by atoms with Crippen molar-refractivity contribution < 1.29 is 4.79 Å². The number of likely N-dealkylation sites (N-methyl/N-ethyl adjacent to an activating group) is 1. The molecule has 5 nitrogen and oxygen atoms in total. The molecule has 0 aliphatic heterocycles. The van der Waals surface area contributed by atoms with E-state index in [1.54, 1.807) is 0 Å². The minimum Gasteiger partial charge on any atom is -0.354 e. The van der Waals surface area contributed by atoms with Crippen LogP contribution in [0.15, 0.2) is 30.3 Å². The second-order valence-corrected chi connectivity index (χ2v) is 6.46. The lowest BCUT2D eigenvalue weighted by molar-refractivity contribution is -0.122. The molecule has 2 atom stereocenters. The molecule has 0 fully saturated rings. The van der Waals surface area contributed by atoms with Crippen LogP contribution in [0.1, 0.15) is 55.2 Å². The lowest BCUT2D eigenvalue weighted by atomic mass is 9.98. The predicted molar refractivity (Wildman–Crippen MR) is 102 cm³/mol. The van der Waals surface area contributed by atoms with E-state index in [0.29, 0.717) is 6.54 Å². The molecule has 25 heavy (non-hydrogen) atoms. The third-order valence-corrected chi connectivity index (χ3v) is 4.92. The van der Waals surface area contributed by atoms with Crippen molar-refractivity contribution in [2.45, 2.75) is 46.6 Å². The SMILES string of the molecule is CCN(CC)C(CNC(=O)C(C)c1c(C)n[nH]c1C)c1ccccc1. The van der Waals surface area contributed by atoms with Crippen LogP contribution in [0.5, 0.6) is 0 Å². The molecule has 0 saturated heterocycles. The molecule has 1 aromatic carbocycles. The number of carbonyl (C=O) groups excluding carboxylic acids is 1. The molecule has 2 unspecified atom stereocenters. The maximum absolute atomic E-state index is 12.7. The summed E-state index contributed by atoms with van der Waals surface area (Å²) in [4.78, 5) is 15.1. The quantitative estimate of drug-likeness (QED) is 0.773. The average Bonchev–Trinajstić information content (AvgIpc) is 2.97. The summed E-state index contributed by atoms with van der Waals surface area (Å²) >= 11 is 0. The van der Waals surface area contributed by atoms with Crippen LogP contribution in [0.25, 0.3) is 0 Å². The maximum atomic E-state index is 12.7. The van der Waals surface area contributed by atoms with Crippen molar-refractivity contribution in [3.63, 3.8) is 0 Å². The number of aromatic nitrogens is 2. The summed E-state index contributed by atoms with van der Waals surface area (Å²) in [5.74, 6) is -0.174. The molecule has 1 amide bonds. The Morgan fingerprint density at radius 2 is 1.84 bits per heavy atom. The number of aryl methyl sites for hydroxylation is 2. The number of rotatable bonds is 8. The lowest BCUT2D eigenvalue weighted by Gasteiger charge is -2.30. The number of hydrogen-bond acceptors (Lipinski definition) is 3. The Hall–Kier alpha value is -2.14. The molecule has 1 heterocycles. The second kappa shape index (κ2) is 8.81. The molecule has 2 aromatic rings. The zero-order valence-electron chi connectivity index (χ0n) is 16.0. The first kappa shape index (κ1) is 19.2. The van der Waals surface area contributed by atoms with Crippen molar-refractivity contribution in [1.82, 2.24) is 20.4 Å². The minimum atomic E-state index is -0.216. The fourth-order valence-electron chi connectivity index (χ4n) is 3.48. The van der Waals surface area contributed by atoms with Gasteiger partial charge in [-0.15, -0.1) is 0 Å². The molecular weight excluding hydrogens is 312 g/mol. The van der Waals surface area contributed by atoms with Crippen molar-refractivity contribution in [2.24, 2.45) is 0 Å². The summed E-state index contributed by atoms with van der Waals surface area (Å²) in [5, 5.41) is 10.3. The Bertz CT molecular complexity index is 657. The van der Waals surface area contributed by atoms with Gasteiger partial charge in [0.05, 0.1) is 17.7 Å². The van der Waals surface area contributed by atoms with Crippen LogP contribution in [0.3, 0.4) is 0 Å². The minimum absolute atomic E-state index is 0.0423. The molecule has 0 aliphatic carbocycles. The molecule has 5 heteroatoms. The number of H-pyrrole nitrogens is 1. The number of carbonyl (C=O) groups is 1. The highest BCUT2D eigenvalue weighted by Gasteiger charge is 2.24. The van der Waals surface area contributed by atoms with E-state index in [1.807, 2.05) is 26.8 Å². The number of nitrogens with zero attached hydrogens (tertiary/aromatic N) is 2. The third-order valence-electron chi connectivity index (χ3n) is 4.92. The molecule has 2 N–H and O–H groups in total. The van der Waals surface area contributed by atoms with Gasteiger partial charge in [-0.1, -0.05) is 44.2 Å². The van der Waals surface area contributed by atoms with Crippen LogP contribution in [0, 0.1) is 13.8 Å². The third kappa shape index (κ3) is 4.48. The summed E-state index contributed by atoms with van der Waals surface area (Å²) in [6, 6.07) is 10.6. The first-order valence-electron chi connectivity index (χ1n) is 9.07. The second-order valence-electron chi connectivity index (χ2n) is 6.46. The van der Waals surface area contributed by atoms with E-state index in [2.05, 4.69) is 58.5 Å². The molecule has 0 aliphatic rings. The van der Waals surface area contributed by atoms with E-state index in [9.17, 15) is 4.79 Å². The topological polar surface area (TPSA) is 61.0 Å². The standard InChI is InChI=1S/C20H30N4O/c1-6-24(7-2)18(17-11-9-8-10-12-17)13-21-20(25)14(3)19-15(4)22-23-16(19)5/h8-12,14,18H,6-7,13H2,1-5H3,(H,21,25)(H,22,23). The molecule has 136 valence electrons. The van der Waals surface area contributed by atoms with Crippen LogP contribution in [-0.4, -0.2) is 40.6 Å². The van der Waals surface area contributed by atoms with Gasteiger partial charge >= 0.3 is 0 Å². The normalized spacial score (nSPS) is 13.7. The van der Waals surface area contributed by atoms with Gasteiger partial charge in [0.2, 0.25) is 5.91 Å². The number of aromatic amines is 1. The highest BCUT2D eigenvalue weighted by Crippen LogP contribution is 2.23. The molecule has 1 aromatic heterocycles. The van der Waals surface area contributed by atoms with Crippen LogP contribution in [0.4, 0.5) is 0 Å². The monoisotopic (exact) mass is 342 g/mol. The summed E-state index contributed by atoms with van der Waals surface area (Å²) in [5.41, 5.74) is 4.08. The first-order valence-corrected chi connectivity index (χ1v) is 9.07. The van der Waals surface area contributed by atoms with Crippen LogP contribution in [0.2, 0.25) is 0 Å². The highest BCUT2D eigenvalue weighted by molar-refractivity contribution is 5.83. The van der Waals surface area contributed by atoms with E-state index in [4.69, 9.17) is 0 Å². The van der Waals surface area contributed by atoms with E-state index in [1.165, 1.54) is 5.56 Å². The predicted octanol–water partition coefficient (Wildman–Crippen LogP) is 3.33. The van der Waals surface area contributed by atoms with E-state index in [-0.39, 0.29) is 17.9 Å². The zero-order chi connectivity index (χ0) is 18.4. The Labute approximate surface area is 150 Å². The molecular formula is C20H30N4O. The van der Waals surface area contributed by atoms with Crippen LogP contribution >= 0.6 is 0 Å². The van der Waals surface area contributed by atoms with E-state index in [0.717, 1.165) is 30.0 Å². The average molecular weight is 342 g/mol. The van der Waals surface area contributed by atoms with Gasteiger partial charge in [0, 0.05) is 17.8 Å². The fourth-order valence-corrected chi connectivity index (χ4v) is 3.48. The summed E-state index contributed by atoms with van der Waals surface area (Å²) < 4.78 is 0. The number of amides is 1. The van der Waals surface area contributed by atoms with Gasteiger partial charge in [0.1, 0.15) is 0 Å². The Morgan fingerprint density at radius 1 is 1.20 bits per heavy atom. The van der Waals surface area contributed by atoms with Crippen molar-refractivity contribution in [3.8, 4) is 0 Å². The smallest absolute Gasteiger partial charge is 0.227 e. The van der Waals surface area contributed by atoms with Crippen molar-refractivity contribution >= 4 is 5.91 Å². The molecule has 2 rings (SSSR count). The van der Waals surface area contributed by atoms with Gasteiger partial charge in [0.25, 0.3) is 0 Å². The van der Waals surface area contributed by atoms with Crippen molar-refractivity contribution in [2.75, 3.05) is 19.6 Å². The molecule has 0 spiro atoms. The zero-order valence-corrected chi connectivity index (χ0v) is 16.0. The summed E-state index contributed by atoms with van der Waals surface area (Å²) in [7, 11) is 0. The molecule has 0 radical (unpaired) electrons. The molecule has 0 bridgehead atoms. The number of hydrogen-bond donors (Lipinski definition) is 2.